The molecule has 0 fully saturated rings. The van der Waals surface area contributed by atoms with Gasteiger partial charge < -0.3 is 5.32 Å². The third-order valence-corrected chi connectivity index (χ3v) is 2.88. The third-order valence-electron chi connectivity index (χ3n) is 2.02. The van der Waals surface area contributed by atoms with E-state index in [1.165, 1.54) is 5.56 Å². The fourth-order valence-electron chi connectivity index (χ4n) is 1.24. The third kappa shape index (κ3) is 2.71. The summed E-state index contributed by atoms with van der Waals surface area (Å²) < 4.78 is 0.990. The fraction of sp³-hybridized carbons (Fsp3) is 0.0909. The summed E-state index contributed by atoms with van der Waals surface area (Å²) in [5.74, 6) is 0.661. The van der Waals surface area contributed by atoms with Gasteiger partial charge in [0, 0.05) is 4.47 Å². The topological polar surface area (TPSA) is 37.8 Å². The summed E-state index contributed by atoms with van der Waals surface area (Å²) in [5.41, 5.74) is 2.14. The van der Waals surface area contributed by atoms with Crippen LogP contribution >= 0.6 is 27.5 Å². The average Bonchev–Trinajstić information content (AvgIpc) is 2.25. The predicted octanol–water partition coefficient (Wildman–Crippen LogP) is 3.94. The highest BCUT2D eigenvalue weighted by atomic mass is 79.9. The van der Waals surface area contributed by atoms with Gasteiger partial charge in [0.15, 0.2) is 11.0 Å². The van der Waals surface area contributed by atoms with Gasteiger partial charge in [-0.1, -0.05) is 17.7 Å². The highest BCUT2D eigenvalue weighted by Gasteiger charge is 2.01. The van der Waals surface area contributed by atoms with E-state index in [2.05, 4.69) is 31.4 Å². The Kier molecular flexibility index (Phi) is 3.41. The first-order chi connectivity index (χ1) is 7.65. The van der Waals surface area contributed by atoms with Crippen molar-refractivity contribution in [3.8, 4) is 0 Å². The smallest absolute Gasteiger partial charge is 0.153 e. The second kappa shape index (κ2) is 4.80. The Bertz CT molecular complexity index is 499. The van der Waals surface area contributed by atoms with Crippen molar-refractivity contribution in [1.82, 2.24) is 10.2 Å². The van der Waals surface area contributed by atoms with Crippen molar-refractivity contribution in [2.24, 2.45) is 0 Å². The molecule has 2 aromatic rings. The zero-order valence-electron chi connectivity index (χ0n) is 8.54. The zero-order chi connectivity index (χ0) is 11.5. The van der Waals surface area contributed by atoms with Crippen LogP contribution in [-0.4, -0.2) is 10.2 Å². The zero-order valence-corrected chi connectivity index (χ0v) is 10.9. The largest absolute Gasteiger partial charge is 0.338 e. The molecule has 0 aliphatic heterocycles. The molecule has 0 spiro atoms. The normalized spacial score (nSPS) is 10.2. The van der Waals surface area contributed by atoms with Gasteiger partial charge in [0.2, 0.25) is 0 Å². The number of rotatable bonds is 2. The van der Waals surface area contributed by atoms with Crippen LogP contribution in [0.5, 0.6) is 0 Å². The molecule has 0 saturated carbocycles. The molecular formula is C11H9BrClN3. The molecule has 5 heteroatoms. The lowest BCUT2D eigenvalue weighted by Gasteiger charge is -2.07. The quantitative estimate of drug-likeness (QED) is 0.912. The summed E-state index contributed by atoms with van der Waals surface area (Å²) in [6.45, 7) is 2.04. The Morgan fingerprint density at radius 2 is 2.00 bits per heavy atom. The molecule has 0 saturated heterocycles. The van der Waals surface area contributed by atoms with Gasteiger partial charge in [-0.25, -0.2) is 0 Å². The Morgan fingerprint density at radius 3 is 2.62 bits per heavy atom. The Labute approximate surface area is 107 Å². The summed E-state index contributed by atoms with van der Waals surface area (Å²) in [7, 11) is 0. The number of hydrogen-bond acceptors (Lipinski definition) is 3. The summed E-state index contributed by atoms with van der Waals surface area (Å²) >= 11 is 9.14. The van der Waals surface area contributed by atoms with Gasteiger partial charge in [-0.15, -0.1) is 10.2 Å². The monoisotopic (exact) mass is 297 g/mol. The van der Waals surface area contributed by atoms with Crippen LogP contribution in [0, 0.1) is 6.92 Å². The van der Waals surface area contributed by atoms with Crippen LogP contribution in [0.25, 0.3) is 0 Å². The Hall–Kier alpha value is -1.13. The first-order valence-electron chi connectivity index (χ1n) is 4.67. The number of nitrogens with zero attached hydrogens (tertiary/aromatic N) is 2. The second-order valence-electron chi connectivity index (χ2n) is 3.35. The lowest BCUT2D eigenvalue weighted by Crippen LogP contribution is -1.96. The van der Waals surface area contributed by atoms with E-state index < -0.39 is 0 Å². The second-order valence-corrected chi connectivity index (χ2v) is 4.59. The number of aryl methyl sites for hydroxylation is 1. The van der Waals surface area contributed by atoms with Gasteiger partial charge in [-0.2, -0.15) is 0 Å². The fourth-order valence-corrected chi connectivity index (χ4v) is 1.94. The van der Waals surface area contributed by atoms with Crippen LogP contribution in [-0.2, 0) is 0 Å². The van der Waals surface area contributed by atoms with Crippen LogP contribution < -0.4 is 5.32 Å². The number of nitrogens with one attached hydrogen (secondary N) is 1. The molecule has 1 aromatic carbocycles. The van der Waals surface area contributed by atoms with E-state index in [0.717, 1.165) is 10.2 Å². The molecule has 1 heterocycles. The highest BCUT2D eigenvalue weighted by molar-refractivity contribution is 9.10. The standard InChI is InChI=1S/C11H9BrClN3/c1-7-2-3-9(8(12)6-7)14-11-5-4-10(13)15-16-11/h2-6H,1H3,(H,14,16). The van der Waals surface area contributed by atoms with Crippen molar-refractivity contribution < 1.29 is 0 Å². The highest BCUT2D eigenvalue weighted by Crippen LogP contribution is 2.25. The van der Waals surface area contributed by atoms with Crippen LogP contribution in [0.1, 0.15) is 5.56 Å². The van der Waals surface area contributed by atoms with Crippen LogP contribution in [0.2, 0.25) is 5.15 Å². The van der Waals surface area contributed by atoms with E-state index in [9.17, 15) is 0 Å². The summed E-state index contributed by atoms with van der Waals surface area (Å²) in [4.78, 5) is 0. The van der Waals surface area contributed by atoms with Crippen molar-refractivity contribution in [2.45, 2.75) is 6.92 Å². The molecule has 82 valence electrons. The van der Waals surface area contributed by atoms with E-state index in [0.29, 0.717) is 11.0 Å². The molecular weight excluding hydrogens is 289 g/mol. The first-order valence-corrected chi connectivity index (χ1v) is 5.84. The molecule has 3 nitrogen and oxygen atoms in total. The molecule has 0 aliphatic carbocycles. The molecule has 0 atom stereocenters. The predicted molar refractivity (Wildman–Crippen MR) is 69.2 cm³/mol. The Balaban J connectivity index is 2.23. The van der Waals surface area contributed by atoms with E-state index >= 15 is 0 Å². The number of hydrogen-bond donors (Lipinski definition) is 1. The SMILES string of the molecule is Cc1ccc(Nc2ccc(Cl)nn2)c(Br)c1. The van der Waals surface area contributed by atoms with Crippen LogP contribution in [0.4, 0.5) is 11.5 Å². The first kappa shape index (κ1) is 11.4. The van der Waals surface area contributed by atoms with Gasteiger partial charge in [0.05, 0.1) is 5.69 Å². The maximum atomic E-state index is 5.66. The van der Waals surface area contributed by atoms with E-state index in [4.69, 9.17) is 11.6 Å². The summed E-state index contributed by atoms with van der Waals surface area (Å²) in [6, 6.07) is 9.51. The molecule has 2 rings (SSSR count). The van der Waals surface area contributed by atoms with Crippen LogP contribution in [0.3, 0.4) is 0 Å². The minimum absolute atomic E-state index is 0.383. The van der Waals surface area contributed by atoms with Crippen molar-refractivity contribution in [3.05, 3.63) is 45.5 Å². The summed E-state index contributed by atoms with van der Waals surface area (Å²) in [5, 5.41) is 11.2. The van der Waals surface area contributed by atoms with Gasteiger partial charge in [0.25, 0.3) is 0 Å². The summed E-state index contributed by atoms with van der Waals surface area (Å²) in [6.07, 6.45) is 0. The molecule has 0 unspecified atom stereocenters. The van der Waals surface area contributed by atoms with Crippen molar-refractivity contribution in [2.75, 3.05) is 5.32 Å². The van der Waals surface area contributed by atoms with E-state index in [1.54, 1.807) is 12.1 Å². The molecule has 1 N–H and O–H groups in total. The maximum absolute atomic E-state index is 5.66. The van der Waals surface area contributed by atoms with Gasteiger partial charge >= 0.3 is 0 Å². The van der Waals surface area contributed by atoms with Gasteiger partial charge in [-0.05, 0) is 52.7 Å². The average molecular weight is 299 g/mol. The lowest BCUT2D eigenvalue weighted by molar-refractivity contribution is 1.04. The van der Waals surface area contributed by atoms with Gasteiger partial charge in [0.1, 0.15) is 0 Å². The number of halogens is 2. The van der Waals surface area contributed by atoms with E-state index in [-0.39, 0.29) is 0 Å². The number of anilines is 2. The van der Waals surface area contributed by atoms with Crippen LogP contribution in [0.15, 0.2) is 34.8 Å². The number of benzene rings is 1. The van der Waals surface area contributed by atoms with Gasteiger partial charge in [-0.3, -0.25) is 0 Å². The molecule has 0 amide bonds. The number of aromatic nitrogens is 2. The Morgan fingerprint density at radius 1 is 1.19 bits per heavy atom. The minimum Gasteiger partial charge on any atom is -0.338 e. The van der Waals surface area contributed by atoms with E-state index in [1.807, 2.05) is 25.1 Å². The molecule has 16 heavy (non-hydrogen) atoms. The van der Waals surface area contributed by atoms with Crippen molar-refractivity contribution in [1.29, 1.82) is 0 Å². The lowest BCUT2D eigenvalue weighted by atomic mass is 10.2. The van der Waals surface area contributed by atoms with Crippen molar-refractivity contribution >= 4 is 39.0 Å². The maximum Gasteiger partial charge on any atom is 0.153 e. The molecule has 0 bridgehead atoms. The minimum atomic E-state index is 0.383. The van der Waals surface area contributed by atoms with Crippen molar-refractivity contribution in [3.63, 3.8) is 0 Å². The molecule has 0 radical (unpaired) electrons. The molecule has 1 aromatic heterocycles. The molecule has 0 aliphatic rings.